The molecule has 5 heteroatoms. The largest absolute Gasteiger partial charge is 0.369 e. The number of likely N-dealkylation sites (N-methyl/N-ethyl adjacent to an activating group) is 1. The highest BCUT2D eigenvalue weighted by atomic mass is 79.9. The number of anilines is 1. The molecule has 1 amide bonds. The molecule has 0 radical (unpaired) electrons. The topological polar surface area (TPSA) is 58.4 Å². The molecule has 2 atom stereocenters. The molecule has 1 saturated heterocycles. The minimum Gasteiger partial charge on any atom is -0.369 e. The lowest BCUT2D eigenvalue weighted by Gasteiger charge is -2.28. The maximum atomic E-state index is 11.8. The Morgan fingerprint density at radius 3 is 2.72 bits per heavy atom. The van der Waals surface area contributed by atoms with Gasteiger partial charge in [0.05, 0.1) is 0 Å². The van der Waals surface area contributed by atoms with E-state index in [-0.39, 0.29) is 5.91 Å². The number of nitrogens with two attached hydrogens (primary N) is 1. The number of rotatable bonds is 3. The normalized spacial score (nSPS) is 28.3. The van der Waals surface area contributed by atoms with Crippen LogP contribution in [0.5, 0.6) is 0 Å². The summed E-state index contributed by atoms with van der Waals surface area (Å²) in [7, 11) is 2.01. The molecule has 98 valence electrons. The van der Waals surface area contributed by atoms with Gasteiger partial charge in [-0.15, -0.1) is 0 Å². The van der Waals surface area contributed by atoms with Crippen LogP contribution < -0.4 is 11.1 Å². The second-order valence-electron chi connectivity index (χ2n) is 5.02. The molecule has 0 bridgehead atoms. The average Bonchev–Trinajstić information content (AvgIpc) is 2.59. The predicted octanol–water partition coefficient (Wildman–Crippen LogP) is 1.81. The molecule has 1 fully saturated rings. The molecule has 3 N–H and O–H groups in total. The highest BCUT2D eigenvalue weighted by Gasteiger charge is 2.45. The second kappa shape index (κ2) is 4.90. The number of hydrogen-bond donors (Lipinski definition) is 2. The molecule has 1 aromatic carbocycles. The molecule has 0 aliphatic carbocycles. The third kappa shape index (κ3) is 2.37. The van der Waals surface area contributed by atoms with Crippen LogP contribution in [0, 0.1) is 0 Å². The van der Waals surface area contributed by atoms with E-state index in [4.69, 9.17) is 5.73 Å². The van der Waals surface area contributed by atoms with Gasteiger partial charge in [0.1, 0.15) is 5.54 Å². The highest BCUT2D eigenvalue weighted by Crippen LogP contribution is 2.32. The fourth-order valence-electron chi connectivity index (χ4n) is 2.46. The number of carbonyl (C=O) groups excluding carboxylic acids is 1. The van der Waals surface area contributed by atoms with E-state index in [1.165, 1.54) is 0 Å². The monoisotopic (exact) mass is 311 g/mol. The minimum atomic E-state index is -0.683. The van der Waals surface area contributed by atoms with E-state index >= 15 is 0 Å². The summed E-state index contributed by atoms with van der Waals surface area (Å²) in [5.41, 5.74) is 5.83. The van der Waals surface area contributed by atoms with Crippen molar-refractivity contribution in [2.75, 3.05) is 18.9 Å². The number of carbonyl (C=O) groups is 1. The third-order valence-electron chi connectivity index (χ3n) is 3.64. The van der Waals surface area contributed by atoms with Crippen molar-refractivity contribution in [1.82, 2.24) is 4.90 Å². The van der Waals surface area contributed by atoms with Crippen LogP contribution in [-0.2, 0) is 4.79 Å². The van der Waals surface area contributed by atoms with Gasteiger partial charge in [-0.2, -0.15) is 0 Å². The molecule has 4 nitrogen and oxygen atoms in total. The zero-order chi connectivity index (χ0) is 13.3. The number of likely N-dealkylation sites (tertiary alicyclic amines) is 1. The van der Waals surface area contributed by atoms with Crippen LogP contribution >= 0.6 is 15.9 Å². The summed E-state index contributed by atoms with van der Waals surface area (Å²) >= 11 is 3.48. The number of nitrogens with zero attached hydrogens (tertiary/aromatic N) is 1. The summed E-state index contributed by atoms with van der Waals surface area (Å²) in [4.78, 5) is 14.0. The minimum absolute atomic E-state index is 0.297. The molecule has 1 aliphatic rings. The first-order valence-corrected chi connectivity index (χ1v) is 6.77. The summed E-state index contributed by atoms with van der Waals surface area (Å²) in [5, 5.41) is 3.32. The van der Waals surface area contributed by atoms with E-state index in [0.29, 0.717) is 12.6 Å². The zero-order valence-electron chi connectivity index (χ0n) is 10.6. The van der Waals surface area contributed by atoms with Gasteiger partial charge >= 0.3 is 0 Å². The van der Waals surface area contributed by atoms with Crippen molar-refractivity contribution in [1.29, 1.82) is 0 Å². The second-order valence-corrected chi connectivity index (χ2v) is 5.87. The Balaban J connectivity index is 2.29. The molecule has 0 spiro atoms. The quantitative estimate of drug-likeness (QED) is 0.895. The van der Waals surface area contributed by atoms with Gasteiger partial charge in [-0.1, -0.05) is 12.1 Å². The van der Waals surface area contributed by atoms with E-state index in [0.717, 1.165) is 16.6 Å². The maximum Gasteiger partial charge on any atom is 0.244 e. The van der Waals surface area contributed by atoms with Gasteiger partial charge in [-0.25, -0.2) is 0 Å². The van der Waals surface area contributed by atoms with Crippen LogP contribution in [0.25, 0.3) is 0 Å². The lowest BCUT2D eigenvalue weighted by Crippen LogP contribution is -2.52. The molecule has 1 aromatic rings. The molecular formula is C13H18BrN3O. The van der Waals surface area contributed by atoms with Gasteiger partial charge in [-0.3, -0.25) is 4.79 Å². The zero-order valence-corrected chi connectivity index (χ0v) is 12.2. The van der Waals surface area contributed by atoms with Gasteiger partial charge < -0.3 is 16.0 Å². The number of amides is 1. The SMILES string of the molecule is CC1CC(Nc2ccccc2Br)(C(N)=O)CN1C. The number of benzene rings is 1. The Morgan fingerprint density at radius 1 is 1.56 bits per heavy atom. The van der Waals surface area contributed by atoms with Gasteiger partial charge in [0.2, 0.25) is 5.91 Å². The van der Waals surface area contributed by atoms with Crippen LogP contribution in [0.15, 0.2) is 28.7 Å². The summed E-state index contributed by atoms with van der Waals surface area (Å²) < 4.78 is 0.938. The van der Waals surface area contributed by atoms with Crippen molar-refractivity contribution in [3.8, 4) is 0 Å². The first-order chi connectivity index (χ1) is 8.44. The number of nitrogens with one attached hydrogen (secondary N) is 1. The number of primary amides is 1. The van der Waals surface area contributed by atoms with Crippen molar-refractivity contribution >= 4 is 27.5 Å². The van der Waals surface area contributed by atoms with Crippen molar-refractivity contribution in [2.24, 2.45) is 5.73 Å². The Morgan fingerprint density at radius 2 is 2.22 bits per heavy atom. The van der Waals surface area contributed by atoms with E-state index in [1.807, 2.05) is 31.3 Å². The Bertz CT molecular complexity index is 453. The van der Waals surface area contributed by atoms with E-state index in [2.05, 4.69) is 33.1 Å². The molecular weight excluding hydrogens is 294 g/mol. The molecule has 0 aromatic heterocycles. The Labute approximate surface area is 116 Å². The van der Waals surface area contributed by atoms with Gasteiger partial charge in [0.25, 0.3) is 0 Å². The Hall–Kier alpha value is -1.07. The molecule has 18 heavy (non-hydrogen) atoms. The smallest absolute Gasteiger partial charge is 0.244 e. The summed E-state index contributed by atoms with van der Waals surface area (Å²) in [6.45, 7) is 2.73. The van der Waals surface area contributed by atoms with E-state index in [9.17, 15) is 4.79 Å². The van der Waals surface area contributed by atoms with Crippen molar-refractivity contribution in [2.45, 2.75) is 24.9 Å². The van der Waals surface area contributed by atoms with Gasteiger partial charge in [-0.05, 0) is 48.5 Å². The fourth-order valence-corrected chi connectivity index (χ4v) is 2.84. The van der Waals surface area contributed by atoms with E-state index < -0.39 is 5.54 Å². The highest BCUT2D eigenvalue weighted by molar-refractivity contribution is 9.10. The number of hydrogen-bond acceptors (Lipinski definition) is 3. The van der Waals surface area contributed by atoms with Crippen molar-refractivity contribution in [3.05, 3.63) is 28.7 Å². The number of para-hydroxylation sites is 1. The Kier molecular flexibility index (Phi) is 3.64. The van der Waals surface area contributed by atoms with Gasteiger partial charge in [0.15, 0.2) is 0 Å². The first kappa shape index (κ1) is 13.4. The predicted molar refractivity (Wildman–Crippen MR) is 76.4 cm³/mol. The van der Waals surface area contributed by atoms with Crippen LogP contribution in [0.1, 0.15) is 13.3 Å². The van der Waals surface area contributed by atoms with Crippen molar-refractivity contribution in [3.63, 3.8) is 0 Å². The van der Waals surface area contributed by atoms with Gasteiger partial charge in [0, 0.05) is 22.7 Å². The van der Waals surface area contributed by atoms with E-state index in [1.54, 1.807) is 0 Å². The summed E-state index contributed by atoms with van der Waals surface area (Å²) in [5.74, 6) is -0.297. The van der Waals surface area contributed by atoms with Crippen LogP contribution in [0.3, 0.4) is 0 Å². The number of halogens is 1. The molecule has 2 rings (SSSR count). The third-order valence-corrected chi connectivity index (χ3v) is 4.33. The average molecular weight is 312 g/mol. The molecule has 0 saturated carbocycles. The van der Waals surface area contributed by atoms with Crippen LogP contribution in [0.4, 0.5) is 5.69 Å². The fraction of sp³-hybridized carbons (Fsp3) is 0.462. The first-order valence-electron chi connectivity index (χ1n) is 5.97. The molecule has 2 unspecified atom stereocenters. The molecule has 1 aliphatic heterocycles. The van der Waals surface area contributed by atoms with Crippen LogP contribution in [0.2, 0.25) is 0 Å². The standard InChI is InChI=1S/C13H18BrN3O/c1-9-7-13(12(15)18,8-17(9)2)16-11-6-4-3-5-10(11)14/h3-6,9,16H,7-8H2,1-2H3,(H2,15,18). The maximum absolute atomic E-state index is 11.8. The summed E-state index contributed by atoms with van der Waals surface area (Å²) in [6, 6.07) is 8.10. The van der Waals surface area contributed by atoms with Crippen LogP contribution in [-0.4, -0.2) is 36.0 Å². The lowest BCUT2D eigenvalue weighted by molar-refractivity contribution is -0.121. The lowest BCUT2D eigenvalue weighted by atomic mass is 9.95. The molecule has 1 heterocycles. The van der Waals surface area contributed by atoms with Crippen molar-refractivity contribution < 1.29 is 4.79 Å². The summed E-state index contributed by atoms with van der Waals surface area (Å²) in [6.07, 6.45) is 0.722.